The van der Waals surface area contributed by atoms with E-state index in [0.717, 1.165) is 11.8 Å². The molecule has 1 heterocycles. The van der Waals surface area contributed by atoms with Crippen LogP contribution in [0.3, 0.4) is 0 Å². The van der Waals surface area contributed by atoms with Crippen molar-refractivity contribution in [3.63, 3.8) is 0 Å². The van der Waals surface area contributed by atoms with E-state index in [-0.39, 0.29) is 11.3 Å². The molecule has 0 amide bonds. The Bertz CT molecular complexity index is 883. The highest BCUT2D eigenvalue weighted by molar-refractivity contribution is 8.00. The molecule has 136 valence electrons. The van der Waals surface area contributed by atoms with Gasteiger partial charge in [-0.3, -0.25) is 0 Å². The van der Waals surface area contributed by atoms with Gasteiger partial charge in [0, 0.05) is 17.5 Å². The van der Waals surface area contributed by atoms with Crippen LogP contribution in [0.15, 0.2) is 52.9 Å². The predicted octanol–water partition coefficient (Wildman–Crippen LogP) is 5.60. The first-order chi connectivity index (χ1) is 12.5. The van der Waals surface area contributed by atoms with Gasteiger partial charge in [-0.2, -0.15) is 13.2 Å². The lowest BCUT2D eigenvalue weighted by atomic mass is 10.1. The Labute approximate surface area is 156 Å². The second kappa shape index (κ2) is 7.96. The highest BCUT2D eigenvalue weighted by Crippen LogP contribution is 2.36. The molecule has 0 fully saturated rings. The third-order valence-electron chi connectivity index (χ3n) is 3.40. The van der Waals surface area contributed by atoms with Crippen LogP contribution in [0, 0.1) is 0 Å². The number of benzene rings is 2. The molecule has 3 aromatic rings. The maximum atomic E-state index is 13.0. The average Bonchev–Trinajstić information content (AvgIpc) is 3.07. The monoisotopic (exact) mass is 397 g/mol. The van der Waals surface area contributed by atoms with Crippen LogP contribution in [-0.4, -0.2) is 17.3 Å². The molecule has 1 N–H and O–H groups in total. The zero-order valence-corrected chi connectivity index (χ0v) is 15.2. The molecule has 3 rings (SSSR count). The molecule has 4 nitrogen and oxygen atoms in total. The fourth-order valence-corrected chi connectivity index (χ4v) is 3.98. The number of rotatable bonds is 6. The van der Waals surface area contributed by atoms with Crippen LogP contribution in [0.5, 0.6) is 5.75 Å². The Morgan fingerprint density at radius 2 is 1.92 bits per heavy atom. The number of alkyl halides is 3. The summed E-state index contributed by atoms with van der Waals surface area (Å²) in [5.41, 5.74) is 0.397. The van der Waals surface area contributed by atoms with Gasteiger partial charge in [0.25, 0.3) is 0 Å². The Balaban J connectivity index is 1.66. The molecule has 0 radical (unpaired) electrons. The van der Waals surface area contributed by atoms with Gasteiger partial charge in [-0.25, -0.2) is 0 Å². The highest BCUT2D eigenvalue weighted by atomic mass is 32.2. The average molecular weight is 397 g/mol. The van der Waals surface area contributed by atoms with Crippen molar-refractivity contribution in [3.8, 4) is 5.75 Å². The van der Waals surface area contributed by atoms with Gasteiger partial charge in [0.05, 0.1) is 12.7 Å². The van der Waals surface area contributed by atoms with Crippen molar-refractivity contribution in [2.24, 2.45) is 0 Å². The van der Waals surface area contributed by atoms with Crippen LogP contribution in [0.1, 0.15) is 11.1 Å². The second-order valence-electron chi connectivity index (χ2n) is 5.17. The molecule has 0 aliphatic carbocycles. The summed E-state index contributed by atoms with van der Waals surface area (Å²) in [5, 5.41) is 11.7. The molecule has 1 aromatic heterocycles. The number of anilines is 2. The number of halogens is 3. The van der Waals surface area contributed by atoms with Gasteiger partial charge in [-0.15, -0.1) is 10.2 Å². The van der Waals surface area contributed by atoms with Crippen LogP contribution in [0.2, 0.25) is 0 Å². The Morgan fingerprint density at radius 3 is 2.69 bits per heavy atom. The van der Waals surface area contributed by atoms with E-state index in [1.807, 2.05) is 24.3 Å². The van der Waals surface area contributed by atoms with Gasteiger partial charge in [0.2, 0.25) is 5.13 Å². The number of thioether (sulfide) groups is 1. The normalized spacial score (nSPS) is 11.4. The fourth-order valence-electron chi connectivity index (χ4n) is 2.21. The summed E-state index contributed by atoms with van der Waals surface area (Å²) >= 11 is 2.50. The second-order valence-corrected chi connectivity index (χ2v) is 7.37. The number of methoxy groups -OCH3 is 1. The molecule has 0 unspecified atom stereocenters. The van der Waals surface area contributed by atoms with Gasteiger partial charge >= 0.3 is 6.18 Å². The lowest BCUT2D eigenvalue weighted by Crippen LogP contribution is -2.08. The highest BCUT2D eigenvalue weighted by Gasteiger charge is 2.32. The van der Waals surface area contributed by atoms with Crippen LogP contribution in [0.25, 0.3) is 0 Å². The minimum Gasteiger partial charge on any atom is -0.497 e. The van der Waals surface area contributed by atoms with Crippen molar-refractivity contribution >= 4 is 33.9 Å². The van der Waals surface area contributed by atoms with Gasteiger partial charge in [-0.05, 0) is 23.8 Å². The number of hydrogen-bond donors (Lipinski definition) is 1. The summed E-state index contributed by atoms with van der Waals surface area (Å²) in [5.74, 6) is 0.876. The van der Waals surface area contributed by atoms with Crippen LogP contribution in [0.4, 0.5) is 24.0 Å². The van der Waals surface area contributed by atoms with Crippen molar-refractivity contribution < 1.29 is 17.9 Å². The zero-order chi connectivity index (χ0) is 18.6. The van der Waals surface area contributed by atoms with Crippen molar-refractivity contribution in [2.75, 3.05) is 12.4 Å². The van der Waals surface area contributed by atoms with Gasteiger partial charge in [-0.1, -0.05) is 47.4 Å². The van der Waals surface area contributed by atoms with E-state index < -0.39 is 11.7 Å². The number of nitrogens with one attached hydrogen (secondary N) is 1. The Kier molecular flexibility index (Phi) is 5.67. The van der Waals surface area contributed by atoms with Crippen molar-refractivity contribution in [2.45, 2.75) is 16.3 Å². The summed E-state index contributed by atoms with van der Waals surface area (Å²) in [6.45, 7) is 0. The van der Waals surface area contributed by atoms with Gasteiger partial charge in [0.15, 0.2) is 4.34 Å². The SMILES string of the molecule is COc1cccc(Nc2nnc(SCc3ccccc3C(F)(F)F)s2)c1. The fraction of sp³-hybridized carbons (Fsp3) is 0.176. The number of ether oxygens (including phenoxy) is 1. The molecule has 0 aliphatic heterocycles. The van der Waals surface area contributed by atoms with E-state index in [1.54, 1.807) is 13.2 Å². The van der Waals surface area contributed by atoms with Crippen molar-refractivity contribution in [1.82, 2.24) is 10.2 Å². The summed E-state index contributed by atoms with van der Waals surface area (Å²) in [4.78, 5) is 0. The number of aromatic nitrogens is 2. The summed E-state index contributed by atoms with van der Waals surface area (Å²) < 4.78 is 44.8. The van der Waals surface area contributed by atoms with Gasteiger partial charge < -0.3 is 10.1 Å². The van der Waals surface area contributed by atoms with Gasteiger partial charge in [0.1, 0.15) is 5.75 Å². The maximum Gasteiger partial charge on any atom is 0.416 e. The topological polar surface area (TPSA) is 47.0 Å². The third-order valence-corrected chi connectivity index (χ3v) is 5.42. The van der Waals surface area contributed by atoms with Crippen molar-refractivity contribution in [1.29, 1.82) is 0 Å². The first kappa shape index (κ1) is 18.5. The molecular formula is C17H14F3N3OS2. The number of hydrogen-bond acceptors (Lipinski definition) is 6. The van der Waals surface area contributed by atoms with E-state index in [1.165, 1.54) is 35.2 Å². The first-order valence-electron chi connectivity index (χ1n) is 7.48. The quantitative estimate of drug-likeness (QED) is 0.549. The summed E-state index contributed by atoms with van der Waals surface area (Å²) in [7, 11) is 1.58. The van der Waals surface area contributed by atoms with E-state index in [2.05, 4.69) is 15.5 Å². The summed E-state index contributed by atoms with van der Waals surface area (Å²) in [6.07, 6.45) is -4.36. The molecule has 0 aliphatic rings. The first-order valence-corrected chi connectivity index (χ1v) is 9.28. The molecule has 0 spiro atoms. The molecular weight excluding hydrogens is 383 g/mol. The van der Waals surface area contributed by atoms with Crippen LogP contribution < -0.4 is 10.1 Å². The smallest absolute Gasteiger partial charge is 0.416 e. The molecule has 0 atom stereocenters. The standard InChI is InChI=1S/C17H14F3N3OS2/c1-24-13-7-4-6-12(9-13)21-15-22-23-16(26-15)25-10-11-5-2-3-8-14(11)17(18,19)20/h2-9H,10H2,1H3,(H,21,22). The number of nitrogens with zero attached hydrogens (tertiary/aromatic N) is 2. The molecule has 9 heteroatoms. The Morgan fingerprint density at radius 1 is 1.12 bits per heavy atom. The van der Waals surface area contributed by atoms with Crippen molar-refractivity contribution in [3.05, 3.63) is 59.7 Å². The maximum absolute atomic E-state index is 13.0. The predicted molar refractivity (Wildman–Crippen MR) is 97.2 cm³/mol. The largest absolute Gasteiger partial charge is 0.497 e. The lowest BCUT2D eigenvalue weighted by molar-refractivity contribution is -0.138. The van der Waals surface area contributed by atoms with E-state index in [4.69, 9.17) is 4.74 Å². The molecule has 0 bridgehead atoms. The van der Waals surface area contributed by atoms with E-state index in [9.17, 15) is 13.2 Å². The minimum absolute atomic E-state index is 0.170. The lowest BCUT2D eigenvalue weighted by Gasteiger charge is -2.11. The molecule has 0 saturated heterocycles. The molecule has 0 saturated carbocycles. The van der Waals surface area contributed by atoms with E-state index >= 15 is 0 Å². The zero-order valence-electron chi connectivity index (χ0n) is 13.6. The third kappa shape index (κ3) is 4.67. The molecule has 26 heavy (non-hydrogen) atoms. The summed E-state index contributed by atoms with van der Waals surface area (Å²) in [6, 6.07) is 12.9. The van der Waals surface area contributed by atoms with Crippen LogP contribution >= 0.6 is 23.1 Å². The van der Waals surface area contributed by atoms with Crippen LogP contribution in [-0.2, 0) is 11.9 Å². The minimum atomic E-state index is -4.36. The van der Waals surface area contributed by atoms with E-state index in [0.29, 0.717) is 15.2 Å². The Hall–Kier alpha value is -2.26. The molecule has 2 aromatic carbocycles.